The number of fused-ring (bicyclic) bond motifs is 3. The van der Waals surface area contributed by atoms with E-state index in [0.717, 1.165) is 18.4 Å². The maximum Gasteiger partial charge on any atom is 0.410 e. The number of methoxy groups -OCH3 is 2. The minimum Gasteiger partial charge on any atom is -0.493 e. The SMILES string of the molecule is C=CCC1Cc2cc(OC)c(OC)cc2C2COC(=O)N12. The van der Waals surface area contributed by atoms with Gasteiger partial charge in [-0.2, -0.15) is 0 Å². The molecule has 1 saturated heterocycles. The number of carbonyl (C=O) groups is 1. The molecule has 1 aromatic carbocycles. The zero-order chi connectivity index (χ0) is 15.0. The minimum absolute atomic E-state index is 0.0500. The van der Waals surface area contributed by atoms with Gasteiger partial charge >= 0.3 is 6.09 Å². The number of rotatable bonds is 4. The lowest BCUT2D eigenvalue weighted by molar-refractivity contribution is 0.141. The summed E-state index contributed by atoms with van der Waals surface area (Å²) in [5.74, 6) is 1.39. The van der Waals surface area contributed by atoms with Crippen LogP contribution in [0, 0.1) is 0 Å². The summed E-state index contributed by atoms with van der Waals surface area (Å²) in [5.41, 5.74) is 2.26. The van der Waals surface area contributed by atoms with Crippen molar-refractivity contribution in [2.75, 3.05) is 20.8 Å². The van der Waals surface area contributed by atoms with Crippen molar-refractivity contribution in [3.8, 4) is 11.5 Å². The molecule has 0 bridgehead atoms. The quantitative estimate of drug-likeness (QED) is 0.800. The van der Waals surface area contributed by atoms with E-state index in [-0.39, 0.29) is 18.2 Å². The molecule has 5 nitrogen and oxygen atoms in total. The summed E-state index contributed by atoms with van der Waals surface area (Å²) in [4.78, 5) is 13.8. The molecular formula is C16H19NO4. The van der Waals surface area contributed by atoms with Gasteiger partial charge in [-0.15, -0.1) is 6.58 Å². The fraction of sp³-hybridized carbons (Fsp3) is 0.438. The molecule has 112 valence electrons. The highest BCUT2D eigenvalue weighted by Gasteiger charge is 2.43. The number of cyclic esters (lactones) is 1. The highest BCUT2D eigenvalue weighted by Crippen LogP contribution is 2.43. The van der Waals surface area contributed by atoms with Crippen LogP contribution < -0.4 is 9.47 Å². The Morgan fingerprint density at radius 2 is 2.10 bits per heavy atom. The van der Waals surface area contributed by atoms with Crippen molar-refractivity contribution in [3.63, 3.8) is 0 Å². The van der Waals surface area contributed by atoms with Crippen molar-refractivity contribution in [2.45, 2.75) is 24.9 Å². The fourth-order valence-corrected chi connectivity index (χ4v) is 3.24. The molecule has 5 heteroatoms. The van der Waals surface area contributed by atoms with E-state index < -0.39 is 0 Å². The van der Waals surface area contributed by atoms with Gasteiger partial charge in [0.15, 0.2) is 11.5 Å². The predicted molar refractivity (Wildman–Crippen MR) is 77.8 cm³/mol. The number of amides is 1. The number of ether oxygens (including phenoxy) is 3. The van der Waals surface area contributed by atoms with Gasteiger partial charge in [0.25, 0.3) is 0 Å². The monoisotopic (exact) mass is 289 g/mol. The molecule has 1 fully saturated rings. The Balaban J connectivity index is 2.07. The number of carbonyl (C=O) groups excluding carboxylic acids is 1. The lowest BCUT2D eigenvalue weighted by Gasteiger charge is -2.36. The molecule has 1 amide bonds. The number of hydrogen-bond donors (Lipinski definition) is 0. The Labute approximate surface area is 124 Å². The van der Waals surface area contributed by atoms with E-state index in [2.05, 4.69) is 6.58 Å². The molecule has 2 atom stereocenters. The third-order valence-electron chi connectivity index (χ3n) is 4.20. The molecule has 21 heavy (non-hydrogen) atoms. The van der Waals surface area contributed by atoms with Gasteiger partial charge < -0.3 is 14.2 Å². The van der Waals surface area contributed by atoms with Crippen LogP contribution >= 0.6 is 0 Å². The molecule has 2 aliphatic heterocycles. The largest absolute Gasteiger partial charge is 0.493 e. The lowest BCUT2D eigenvalue weighted by Crippen LogP contribution is -2.42. The van der Waals surface area contributed by atoms with Crippen LogP contribution in [0.1, 0.15) is 23.6 Å². The first-order chi connectivity index (χ1) is 10.2. The average Bonchev–Trinajstić information content (AvgIpc) is 2.89. The summed E-state index contributed by atoms with van der Waals surface area (Å²) in [6.07, 6.45) is 3.12. The second-order valence-corrected chi connectivity index (χ2v) is 5.29. The van der Waals surface area contributed by atoms with Crippen molar-refractivity contribution < 1.29 is 19.0 Å². The van der Waals surface area contributed by atoms with Crippen LogP contribution in [0.3, 0.4) is 0 Å². The van der Waals surface area contributed by atoms with Crippen LogP contribution in [-0.2, 0) is 11.2 Å². The Morgan fingerprint density at radius 3 is 2.76 bits per heavy atom. The molecule has 3 rings (SSSR count). The van der Waals surface area contributed by atoms with E-state index in [1.807, 2.05) is 23.1 Å². The molecule has 0 saturated carbocycles. The van der Waals surface area contributed by atoms with E-state index in [9.17, 15) is 4.79 Å². The summed E-state index contributed by atoms with van der Waals surface area (Å²) in [5, 5.41) is 0. The molecule has 2 aliphatic rings. The molecule has 2 unspecified atom stereocenters. The second-order valence-electron chi connectivity index (χ2n) is 5.29. The predicted octanol–water partition coefficient (Wildman–Crippen LogP) is 2.70. The summed E-state index contributed by atoms with van der Waals surface area (Å²) in [7, 11) is 3.24. The van der Waals surface area contributed by atoms with Crippen molar-refractivity contribution in [3.05, 3.63) is 35.9 Å². The highest BCUT2D eigenvalue weighted by molar-refractivity contribution is 5.72. The first kappa shape index (κ1) is 13.8. The molecule has 0 aliphatic carbocycles. The second kappa shape index (κ2) is 5.31. The van der Waals surface area contributed by atoms with E-state index >= 15 is 0 Å². The van der Waals surface area contributed by atoms with E-state index in [1.165, 1.54) is 5.56 Å². The van der Waals surface area contributed by atoms with Gasteiger partial charge in [0.05, 0.1) is 20.3 Å². The Morgan fingerprint density at radius 1 is 1.38 bits per heavy atom. The standard InChI is InChI=1S/C16H19NO4/c1-4-5-11-6-10-7-14(19-2)15(20-3)8-12(10)13-9-21-16(18)17(11)13/h4,7-8,11,13H,1,5-6,9H2,2-3H3. The summed E-state index contributed by atoms with van der Waals surface area (Å²) >= 11 is 0. The van der Waals surface area contributed by atoms with E-state index in [0.29, 0.717) is 18.1 Å². The van der Waals surface area contributed by atoms with E-state index in [4.69, 9.17) is 14.2 Å². The summed E-state index contributed by atoms with van der Waals surface area (Å²) in [6.45, 7) is 4.17. The first-order valence-electron chi connectivity index (χ1n) is 7.00. The van der Waals surface area contributed by atoms with Crippen LogP contribution in [0.25, 0.3) is 0 Å². The molecule has 1 aromatic rings. The highest BCUT2D eigenvalue weighted by atomic mass is 16.6. The molecule has 0 radical (unpaired) electrons. The average molecular weight is 289 g/mol. The maximum atomic E-state index is 12.0. The van der Waals surface area contributed by atoms with Crippen molar-refractivity contribution in [1.82, 2.24) is 4.90 Å². The van der Waals surface area contributed by atoms with Gasteiger partial charge in [-0.3, -0.25) is 4.90 Å². The van der Waals surface area contributed by atoms with Crippen LogP contribution in [0.2, 0.25) is 0 Å². The normalized spacial score (nSPS) is 23.1. The van der Waals surface area contributed by atoms with E-state index in [1.54, 1.807) is 14.2 Å². The summed E-state index contributed by atoms with van der Waals surface area (Å²) < 4.78 is 16.0. The van der Waals surface area contributed by atoms with Crippen molar-refractivity contribution in [2.24, 2.45) is 0 Å². The van der Waals surface area contributed by atoms with Crippen LogP contribution in [-0.4, -0.2) is 37.9 Å². The fourth-order valence-electron chi connectivity index (χ4n) is 3.24. The zero-order valence-corrected chi connectivity index (χ0v) is 12.3. The molecule has 0 aromatic heterocycles. The van der Waals surface area contributed by atoms with Crippen LogP contribution in [0.15, 0.2) is 24.8 Å². The summed E-state index contributed by atoms with van der Waals surface area (Å²) in [6, 6.07) is 4.00. The van der Waals surface area contributed by atoms with Gasteiger partial charge in [-0.05, 0) is 36.1 Å². The zero-order valence-electron chi connectivity index (χ0n) is 12.3. The molecule has 2 heterocycles. The molecular weight excluding hydrogens is 270 g/mol. The lowest BCUT2D eigenvalue weighted by atomic mass is 9.87. The molecule has 0 spiro atoms. The topological polar surface area (TPSA) is 48.0 Å². The maximum absolute atomic E-state index is 12.0. The number of hydrogen-bond acceptors (Lipinski definition) is 4. The first-order valence-corrected chi connectivity index (χ1v) is 7.00. The minimum atomic E-state index is -0.243. The third kappa shape index (κ3) is 2.13. The molecule has 0 N–H and O–H groups in total. The number of nitrogens with zero attached hydrogens (tertiary/aromatic N) is 1. The Kier molecular flexibility index (Phi) is 3.49. The van der Waals surface area contributed by atoms with Crippen molar-refractivity contribution >= 4 is 6.09 Å². The number of benzene rings is 1. The van der Waals surface area contributed by atoms with Gasteiger partial charge in [0.1, 0.15) is 6.61 Å². The van der Waals surface area contributed by atoms with Crippen LogP contribution in [0.4, 0.5) is 4.79 Å². The van der Waals surface area contributed by atoms with Gasteiger partial charge in [-0.25, -0.2) is 4.79 Å². The third-order valence-corrected chi connectivity index (χ3v) is 4.20. The van der Waals surface area contributed by atoms with Crippen molar-refractivity contribution in [1.29, 1.82) is 0 Å². The van der Waals surface area contributed by atoms with Gasteiger partial charge in [0.2, 0.25) is 0 Å². The van der Waals surface area contributed by atoms with Crippen LogP contribution in [0.5, 0.6) is 11.5 Å². The smallest absolute Gasteiger partial charge is 0.410 e. The Hall–Kier alpha value is -2.17. The Bertz CT molecular complexity index is 584. The van der Waals surface area contributed by atoms with Gasteiger partial charge in [0, 0.05) is 6.04 Å². The van der Waals surface area contributed by atoms with Gasteiger partial charge in [-0.1, -0.05) is 6.08 Å².